The van der Waals surface area contributed by atoms with Gasteiger partial charge < -0.3 is 25.0 Å². The molecule has 1 atom stereocenters. The van der Waals surface area contributed by atoms with Gasteiger partial charge in [-0.05, 0) is 55.9 Å². The molecular weight excluding hydrogens is 498 g/mol. The van der Waals surface area contributed by atoms with Crippen LogP contribution in [0.3, 0.4) is 0 Å². The van der Waals surface area contributed by atoms with E-state index in [2.05, 4.69) is 20.5 Å². The van der Waals surface area contributed by atoms with Crippen molar-refractivity contribution in [3.63, 3.8) is 0 Å². The molecule has 0 saturated carbocycles. The van der Waals surface area contributed by atoms with Gasteiger partial charge in [0, 0.05) is 20.1 Å². The first-order valence-corrected chi connectivity index (χ1v) is 9.55. The number of nitrogens with zero attached hydrogens (tertiary/aromatic N) is 2. The lowest BCUT2D eigenvalue weighted by Gasteiger charge is -2.26. The molecular formula is C22H32FIN4O2. The molecule has 2 N–H and O–H groups in total. The van der Waals surface area contributed by atoms with Crippen LogP contribution >= 0.6 is 24.0 Å². The molecule has 0 fully saturated rings. The summed E-state index contributed by atoms with van der Waals surface area (Å²) in [4.78, 5) is 6.33. The highest BCUT2D eigenvalue weighted by molar-refractivity contribution is 14.0. The van der Waals surface area contributed by atoms with Gasteiger partial charge in [-0.2, -0.15) is 0 Å². The van der Waals surface area contributed by atoms with Crippen molar-refractivity contribution in [2.75, 3.05) is 48.5 Å². The molecule has 2 aromatic carbocycles. The molecule has 0 aliphatic rings. The van der Waals surface area contributed by atoms with Crippen LogP contribution in [0.15, 0.2) is 47.5 Å². The maximum atomic E-state index is 13.6. The standard InChI is InChI=1S/C22H31FN4O2.HI/c1-24-22(25-12-11-16-9-10-20(28-4)21(13-16)29-5)26-15-19(27(2)3)17-7-6-8-18(23)14-17;/h6-10,13-14,19H,11-12,15H2,1-5H3,(H2,24,25,26);1H. The van der Waals surface area contributed by atoms with Gasteiger partial charge in [0.2, 0.25) is 0 Å². The number of methoxy groups -OCH3 is 2. The molecule has 0 heterocycles. The highest BCUT2D eigenvalue weighted by Gasteiger charge is 2.15. The predicted octanol–water partition coefficient (Wildman–Crippen LogP) is 3.47. The second-order valence-electron chi connectivity index (χ2n) is 6.85. The van der Waals surface area contributed by atoms with Crippen molar-refractivity contribution in [2.45, 2.75) is 12.5 Å². The van der Waals surface area contributed by atoms with Gasteiger partial charge in [0.25, 0.3) is 0 Å². The average Bonchev–Trinajstić information content (AvgIpc) is 2.72. The van der Waals surface area contributed by atoms with Gasteiger partial charge in [-0.3, -0.25) is 4.99 Å². The normalized spacial score (nSPS) is 12.2. The van der Waals surface area contributed by atoms with Crippen LogP contribution in [0.1, 0.15) is 17.2 Å². The largest absolute Gasteiger partial charge is 0.493 e. The number of nitrogens with one attached hydrogen (secondary N) is 2. The van der Waals surface area contributed by atoms with Gasteiger partial charge in [-0.1, -0.05) is 18.2 Å². The molecule has 0 aliphatic heterocycles. The molecule has 0 amide bonds. The average molecular weight is 530 g/mol. The first-order valence-electron chi connectivity index (χ1n) is 9.55. The van der Waals surface area contributed by atoms with E-state index in [4.69, 9.17) is 9.47 Å². The minimum atomic E-state index is -0.230. The molecule has 166 valence electrons. The van der Waals surface area contributed by atoms with Crippen LogP contribution in [-0.4, -0.2) is 59.3 Å². The van der Waals surface area contributed by atoms with E-state index in [-0.39, 0.29) is 35.8 Å². The fraction of sp³-hybridized carbons (Fsp3) is 0.409. The minimum Gasteiger partial charge on any atom is -0.493 e. The zero-order valence-electron chi connectivity index (χ0n) is 18.2. The molecule has 2 aromatic rings. The summed E-state index contributed by atoms with van der Waals surface area (Å²) in [5.74, 6) is 1.91. The summed E-state index contributed by atoms with van der Waals surface area (Å²) >= 11 is 0. The Morgan fingerprint density at radius 1 is 1.07 bits per heavy atom. The molecule has 0 aromatic heterocycles. The van der Waals surface area contributed by atoms with Crippen LogP contribution in [0.2, 0.25) is 0 Å². The molecule has 0 radical (unpaired) electrons. The topological polar surface area (TPSA) is 58.1 Å². The molecule has 0 bridgehead atoms. The summed E-state index contributed by atoms with van der Waals surface area (Å²) in [6, 6.07) is 12.6. The van der Waals surface area contributed by atoms with Gasteiger partial charge in [-0.25, -0.2) is 4.39 Å². The van der Waals surface area contributed by atoms with E-state index in [0.717, 1.165) is 23.3 Å². The summed E-state index contributed by atoms with van der Waals surface area (Å²) in [7, 11) is 8.94. The van der Waals surface area contributed by atoms with E-state index in [1.54, 1.807) is 33.4 Å². The van der Waals surface area contributed by atoms with E-state index < -0.39 is 0 Å². The van der Waals surface area contributed by atoms with Gasteiger partial charge in [-0.15, -0.1) is 24.0 Å². The van der Waals surface area contributed by atoms with E-state index in [1.165, 1.54) is 6.07 Å². The molecule has 0 saturated heterocycles. The molecule has 8 heteroatoms. The summed E-state index contributed by atoms with van der Waals surface area (Å²) in [6.07, 6.45) is 0.808. The predicted molar refractivity (Wildman–Crippen MR) is 131 cm³/mol. The van der Waals surface area contributed by atoms with Crippen molar-refractivity contribution in [1.82, 2.24) is 15.5 Å². The van der Waals surface area contributed by atoms with Crippen molar-refractivity contribution in [3.05, 3.63) is 59.4 Å². The number of guanidine groups is 1. The number of ether oxygens (including phenoxy) is 2. The van der Waals surface area contributed by atoms with Gasteiger partial charge >= 0.3 is 0 Å². The second kappa shape index (κ2) is 13.3. The first kappa shape index (κ1) is 26.0. The molecule has 1 unspecified atom stereocenters. The van der Waals surface area contributed by atoms with E-state index in [0.29, 0.717) is 24.8 Å². The zero-order chi connectivity index (χ0) is 21.2. The number of hydrogen-bond donors (Lipinski definition) is 2. The number of halogens is 2. The number of aliphatic imine (C=N–C) groups is 1. The van der Waals surface area contributed by atoms with Crippen LogP contribution in [0.4, 0.5) is 4.39 Å². The highest BCUT2D eigenvalue weighted by Crippen LogP contribution is 2.27. The lowest BCUT2D eigenvalue weighted by Crippen LogP contribution is -2.42. The quantitative estimate of drug-likeness (QED) is 0.296. The smallest absolute Gasteiger partial charge is 0.191 e. The number of hydrogen-bond acceptors (Lipinski definition) is 4. The summed E-state index contributed by atoms with van der Waals surface area (Å²) in [5.41, 5.74) is 2.06. The third kappa shape index (κ3) is 7.64. The van der Waals surface area contributed by atoms with Gasteiger partial charge in [0.1, 0.15) is 5.82 Å². The summed E-state index contributed by atoms with van der Waals surface area (Å²) in [6.45, 7) is 1.31. The Bertz CT molecular complexity index is 817. The summed E-state index contributed by atoms with van der Waals surface area (Å²) in [5, 5.41) is 6.64. The van der Waals surface area contributed by atoms with Crippen molar-refractivity contribution in [2.24, 2.45) is 4.99 Å². The number of benzene rings is 2. The summed E-state index contributed by atoms with van der Waals surface area (Å²) < 4.78 is 24.2. The third-order valence-corrected chi connectivity index (χ3v) is 4.70. The Balaban J connectivity index is 0.00000450. The lowest BCUT2D eigenvalue weighted by molar-refractivity contribution is 0.297. The van der Waals surface area contributed by atoms with Gasteiger partial charge in [0.15, 0.2) is 17.5 Å². The van der Waals surface area contributed by atoms with Crippen LogP contribution in [0.5, 0.6) is 11.5 Å². The molecule has 0 aliphatic carbocycles. The van der Waals surface area contributed by atoms with E-state index in [9.17, 15) is 4.39 Å². The maximum Gasteiger partial charge on any atom is 0.191 e. The SMILES string of the molecule is CN=C(NCCc1ccc(OC)c(OC)c1)NCC(c1cccc(F)c1)N(C)C.I. The molecule has 0 spiro atoms. The van der Waals surface area contributed by atoms with E-state index >= 15 is 0 Å². The Kier molecular flexibility index (Phi) is 11.5. The molecule has 2 rings (SSSR count). The van der Waals surface area contributed by atoms with Crippen LogP contribution < -0.4 is 20.1 Å². The Morgan fingerprint density at radius 3 is 2.40 bits per heavy atom. The third-order valence-electron chi connectivity index (χ3n) is 4.70. The fourth-order valence-electron chi connectivity index (χ4n) is 3.09. The Morgan fingerprint density at radius 2 is 1.80 bits per heavy atom. The van der Waals surface area contributed by atoms with Crippen LogP contribution in [0.25, 0.3) is 0 Å². The Hall–Kier alpha value is -2.07. The van der Waals surface area contributed by atoms with Crippen molar-refractivity contribution >= 4 is 29.9 Å². The Labute approximate surface area is 195 Å². The second-order valence-corrected chi connectivity index (χ2v) is 6.85. The zero-order valence-corrected chi connectivity index (χ0v) is 20.6. The fourth-order valence-corrected chi connectivity index (χ4v) is 3.09. The maximum absolute atomic E-state index is 13.6. The van der Waals surface area contributed by atoms with Crippen molar-refractivity contribution < 1.29 is 13.9 Å². The minimum absolute atomic E-state index is 0. The monoisotopic (exact) mass is 530 g/mol. The van der Waals surface area contributed by atoms with Crippen LogP contribution in [-0.2, 0) is 6.42 Å². The number of rotatable bonds is 9. The van der Waals surface area contributed by atoms with Crippen molar-refractivity contribution in [3.8, 4) is 11.5 Å². The van der Waals surface area contributed by atoms with E-state index in [1.807, 2.05) is 38.4 Å². The van der Waals surface area contributed by atoms with Crippen LogP contribution in [0, 0.1) is 5.82 Å². The first-order chi connectivity index (χ1) is 14.0. The van der Waals surface area contributed by atoms with Gasteiger partial charge in [0.05, 0.1) is 20.3 Å². The highest BCUT2D eigenvalue weighted by atomic mass is 127. The van der Waals surface area contributed by atoms with Crippen molar-refractivity contribution in [1.29, 1.82) is 0 Å². The molecule has 30 heavy (non-hydrogen) atoms. The lowest BCUT2D eigenvalue weighted by atomic mass is 10.1. The molecule has 6 nitrogen and oxygen atoms in total. The number of likely N-dealkylation sites (N-methyl/N-ethyl adjacent to an activating group) is 1.